The molecule has 0 N–H and O–H groups in total. The highest BCUT2D eigenvalue weighted by molar-refractivity contribution is 5.85. The van der Waals surface area contributed by atoms with Crippen molar-refractivity contribution < 1.29 is 19.0 Å². The van der Waals surface area contributed by atoms with Crippen LogP contribution in [0.5, 0.6) is 5.75 Å². The van der Waals surface area contributed by atoms with E-state index in [0.29, 0.717) is 18.8 Å². The van der Waals surface area contributed by atoms with Crippen molar-refractivity contribution in [2.45, 2.75) is 57.3 Å². The lowest BCUT2D eigenvalue weighted by molar-refractivity contribution is -0.143. The van der Waals surface area contributed by atoms with Gasteiger partial charge in [-0.3, -0.25) is 4.79 Å². The number of ether oxygens (including phenoxy) is 3. The van der Waals surface area contributed by atoms with Crippen LogP contribution in [0.25, 0.3) is 0 Å². The van der Waals surface area contributed by atoms with E-state index in [4.69, 9.17) is 14.2 Å². The number of ketones is 1. The second-order valence-electron chi connectivity index (χ2n) is 6.91. The monoisotopic (exact) mass is 344 g/mol. The molecule has 0 spiro atoms. The van der Waals surface area contributed by atoms with Crippen LogP contribution in [-0.2, 0) is 20.9 Å². The summed E-state index contributed by atoms with van der Waals surface area (Å²) in [5, 5.41) is 0. The molecule has 25 heavy (non-hydrogen) atoms. The fraction of sp³-hybridized carbons (Fsp3) is 0.571. The molecule has 0 radical (unpaired) electrons. The first-order valence-electron chi connectivity index (χ1n) is 9.22. The van der Waals surface area contributed by atoms with Gasteiger partial charge in [0.2, 0.25) is 0 Å². The Labute approximate surface area is 150 Å². The van der Waals surface area contributed by atoms with Crippen molar-refractivity contribution in [2.24, 2.45) is 5.92 Å². The van der Waals surface area contributed by atoms with Gasteiger partial charge in [-0.05, 0) is 49.8 Å². The molecule has 1 aromatic carbocycles. The van der Waals surface area contributed by atoms with Gasteiger partial charge in [0.15, 0.2) is 0 Å². The lowest BCUT2D eigenvalue weighted by Crippen LogP contribution is -2.46. The van der Waals surface area contributed by atoms with Crippen molar-refractivity contribution in [3.05, 3.63) is 41.5 Å². The molecule has 1 saturated carbocycles. The minimum absolute atomic E-state index is 0.0439. The molecule has 0 amide bonds. The number of hydrogen-bond acceptors (Lipinski definition) is 4. The number of rotatable bonds is 6. The SMILES string of the molecule is COc1ccc(CO[C@@H]2CCC(=O)[C@@H](C3=CCCCC3)[C@@H]2OC)cc1. The highest BCUT2D eigenvalue weighted by atomic mass is 16.5. The van der Waals surface area contributed by atoms with Crippen molar-refractivity contribution in [2.75, 3.05) is 14.2 Å². The number of carbonyl (C=O) groups is 1. The average Bonchev–Trinajstić information content (AvgIpc) is 2.67. The first-order valence-corrected chi connectivity index (χ1v) is 9.22. The zero-order valence-corrected chi connectivity index (χ0v) is 15.2. The molecule has 0 aromatic heterocycles. The maximum atomic E-state index is 12.6. The van der Waals surface area contributed by atoms with E-state index < -0.39 is 0 Å². The van der Waals surface area contributed by atoms with Crippen LogP contribution in [0.2, 0.25) is 0 Å². The Morgan fingerprint density at radius 3 is 2.52 bits per heavy atom. The van der Waals surface area contributed by atoms with Crippen LogP contribution in [0.15, 0.2) is 35.9 Å². The topological polar surface area (TPSA) is 44.8 Å². The molecule has 0 aliphatic heterocycles. The summed E-state index contributed by atoms with van der Waals surface area (Å²) in [4.78, 5) is 12.6. The number of Topliss-reactive ketones (excluding diaryl/α,β-unsaturated/α-hetero) is 1. The molecule has 4 nitrogen and oxygen atoms in total. The van der Waals surface area contributed by atoms with Crippen LogP contribution in [0.4, 0.5) is 0 Å². The molecule has 0 heterocycles. The van der Waals surface area contributed by atoms with E-state index in [-0.39, 0.29) is 18.1 Å². The van der Waals surface area contributed by atoms with E-state index in [1.807, 2.05) is 24.3 Å². The zero-order valence-electron chi connectivity index (χ0n) is 15.2. The average molecular weight is 344 g/mol. The van der Waals surface area contributed by atoms with Gasteiger partial charge in [-0.15, -0.1) is 0 Å². The third-order valence-corrected chi connectivity index (χ3v) is 5.34. The van der Waals surface area contributed by atoms with Gasteiger partial charge in [0.25, 0.3) is 0 Å². The summed E-state index contributed by atoms with van der Waals surface area (Å²) in [5.41, 5.74) is 2.36. The van der Waals surface area contributed by atoms with Crippen molar-refractivity contribution >= 4 is 5.78 Å². The molecule has 2 aliphatic rings. The maximum absolute atomic E-state index is 12.6. The molecule has 0 unspecified atom stereocenters. The van der Waals surface area contributed by atoms with Gasteiger partial charge < -0.3 is 14.2 Å². The Balaban J connectivity index is 1.67. The van der Waals surface area contributed by atoms with E-state index in [1.165, 1.54) is 18.4 Å². The lowest BCUT2D eigenvalue weighted by atomic mass is 9.75. The fourth-order valence-electron chi connectivity index (χ4n) is 3.96. The second kappa shape index (κ2) is 8.63. The van der Waals surface area contributed by atoms with E-state index in [1.54, 1.807) is 14.2 Å². The third-order valence-electron chi connectivity index (χ3n) is 5.34. The molecule has 2 aliphatic carbocycles. The van der Waals surface area contributed by atoms with E-state index in [2.05, 4.69) is 6.08 Å². The predicted molar refractivity (Wildman–Crippen MR) is 96.7 cm³/mol. The number of benzene rings is 1. The quantitative estimate of drug-likeness (QED) is 0.730. The summed E-state index contributed by atoms with van der Waals surface area (Å²) in [6.07, 6.45) is 7.83. The van der Waals surface area contributed by atoms with Crippen LogP contribution in [-0.4, -0.2) is 32.2 Å². The summed E-state index contributed by atoms with van der Waals surface area (Å²) >= 11 is 0. The van der Waals surface area contributed by atoms with Crippen molar-refractivity contribution in [1.29, 1.82) is 0 Å². The van der Waals surface area contributed by atoms with Gasteiger partial charge >= 0.3 is 0 Å². The third kappa shape index (κ3) is 4.31. The number of hydrogen-bond donors (Lipinski definition) is 0. The first kappa shape index (κ1) is 18.2. The normalized spacial score (nSPS) is 27.0. The molecular weight excluding hydrogens is 316 g/mol. The Kier molecular flexibility index (Phi) is 6.27. The van der Waals surface area contributed by atoms with Gasteiger partial charge in [0.05, 0.1) is 31.8 Å². The summed E-state index contributed by atoms with van der Waals surface area (Å²) in [7, 11) is 3.36. The first-order chi connectivity index (χ1) is 12.2. The van der Waals surface area contributed by atoms with Gasteiger partial charge in [0.1, 0.15) is 11.5 Å². The number of carbonyl (C=O) groups excluding carboxylic acids is 1. The molecule has 3 atom stereocenters. The Bertz CT molecular complexity index is 605. The Morgan fingerprint density at radius 1 is 1.08 bits per heavy atom. The number of methoxy groups -OCH3 is 2. The Hall–Kier alpha value is -1.65. The Morgan fingerprint density at radius 2 is 1.88 bits per heavy atom. The molecule has 0 saturated heterocycles. The predicted octanol–water partition coefficient (Wildman–Crippen LogP) is 4.07. The van der Waals surface area contributed by atoms with Crippen LogP contribution < -0.4 is 4.74 Å². The van der Waals surface area contributed by atoms with Crippen LogP contribution >= 0.6 is 0 Å². The minimum atomic E-state index is -0.177. The van der Waals surface area contributed by atoms with Gasteiger partial charge in [-0.1, -0.05) is 23.8 Å². The second-order valence-corrected chi connectivity index (χ2v) is 6.91. The molecule has 3 rings (SSSR count). The molecular formula is C21H28O4. The summed E-state index contributed by atoms with van der Waals surface area (Å²) in [6.45, 7) is 0.522. The van der Waals surface area contributed by atoms with Crippen molar-refractivity contribution in [3.8, 4) is 5.75 Å². The molecule has 1 aromatic rings. The minimum Gasteiger partial charge on any atom is -0.497 e. The van der Waals surface area contributed by atoms with Crippen LogP contribution in [0.3, 0.4) is 0 Å². The standard InChI is InChI=1S/C21H28O4/c1-23-17-10-8-15(9-11-17)14-25-19-13-12-18(22)20(21(19)24-2)16-6-4-3-5-7-16/h6,8-11,19-21H,3-5,7,12-14H2,1-2H3/t19-,20-,21-/m1/s1. The molecule has 4 heteroatoms. The van der Waals surface area contributed by atoms with Crippen LogP contribution in [0, 0.1) is 5.92 Å². The summed E-state index contributed by atoms with van der Waals surface area (Å²) in [5.74, 6) is 1.02. The zero-order chi connectivity index (χ0) is 17.6. The molecule has 1 fully saturated rings. The van der Waals surface area contributed by atoms with Crippen LogP contribution in [0.1, 0.15) is 44.1 Å². The summed E-state index contributed by atoms with van der Waals surface area (Å²) < 4.78 is 17.1. The van der Waals surface area contributed by atoms with E-state index in [9.17, 15) is 4.79 Å². The van der Waals surface area contributed by atoms with Crippen molar-refractivity contribution in [1.82, 2.24) is 0 Å². The smallest absolute Gasteiger partial charge is 0.142 e. The van der Waals surface area contributed by atoms with E-state index in [0.717, 1.165) is 30.6 Å². The molecule has 0 bridgehead atoms. The van der Waals surface area contributed by atoms with Gasteiger partial charge in [0, 0.05) is 13.5 Å². The van der Waals surface area contributed by atoms with E-state index >= 15 is 0 Å². The fourth-order valence-corrected chi connectivity index (χ4v) is 3.96. The number of allylic oxidation sites excluding steroid dienone is 1. The largest absolute Gasteiger partial charge is 0.497 e. The maximum Gasteiger partial charge on any atom is 0.142 e. The van der Waals surface area contributed by atoms with Crippen molar-refractivity contribution in [3.63, 3.8) is 0 Å². The highest BCUT2D eigenvalue weighted by Gasteiger charge is 2.41. The van der Waals surface area contributed by atoms with Gasteiger partial charge in [-0.25, -0.2) is 0 Å². The lowest BCUT2D eigenvalue weighted by Gasteiger charge is -2.38. The highest BCUT2D eigenvalue weighted by Crippen LogP contribution is 2.36. The molecule has 136 valence electrons. The summed E-state index contributed by atoms with van der Waals surface area (Å²) in [6, 6.07) is 7.89. The van der Waals surface area contributed by atoms with Gasteiger partial charge in [-0.2, -0.15) is 0 Å².